The van der Waals surface area contributed by atoms with E-state index in [4.69, 9.17) is 19.9 Å². The number of nitrogens with zero attached hydrogens (tertiary/aromatic N) is 4. The Morgan fingerprint density at radius 3 is 2.14 bits per heavy atom. The zero-order valence-corrected chi connectivity index (χ0v) is 24.1. The number of carboxylic acids is 1. The molecule has 1 aromatic heterocycles. The average Bonchev–Trinajstić information content (AvgIpc) is 3.01. The molecular formula is C31H34F3N7O3. The number of phenols is 1. The van der Waals surface area contributed by atoms with Crippen LogP contribution in [-0.2, 0) is 17.8 Å². The molecule has 0 saturated carbocycles. The molecule has 2 heterocycles. The molecule has 0 unspecified atom stereocenters. The quantitative estimate of drug-likeness (QED) is 0.179. The summed E-state index contributed by atoms with van der Waals surface area (Å²) < 4.78 is 31.7. The Morgan fingerprint density at radius 1 is 0.886 bits per heavy atom. The summed E-state index contributed by atoms with van der Waals surface area (Å²) >= 11 is 0. The number of anilines is 3. The Morgan fingerprint density at radius 2 is 1.50 bits per heavy atom. The fourth-order valence-electron chi connectivity index (χ4n) is 4.38. The molecule has 0 bridgehead atoms. The Labute approximate surface area is 253 Å². The lowest BCUT2D eigenvalue weighted by molar-refractivity contribution is -0.192. The van der Waals surface area contributed by atoms with Crippen molar-refractivity contribution in [3.05, 3.63) is 89.5 Å². The van der Waals surface area contributed by atoms with E-state index in [1.54, 1.807) is 12.1 Å². The number of rotatable bonds is 9. The molecule has 1 fully saturated rings. The van der Waals surface area contributed by atoms with E-state index in [0.717, 1.165) is 43.7 Å². The van der Waals surface area contributed by atoms with Crippen LogP contribution >= 0.6 is 0 Å². The van der Waals surface area contributed by atoms with Crippen molar-refractivity contribution in [1.82, 2.24) is 20.3 Å². The summed E-state index contributed by atoms with van der Waals surface area (Å²) in [5.74, 6) is -0.697. The summed E-state index contributed by atoms with van der Waals surface area (Å²) in [7, 11) is 0. The molecule has 232 valence electrons. The lowest BCUT2D eigenvalue weighted by atomic mass is 10.0. The van der Waals surface area contributed by atoms with Crippen LogP contribution in [0.15, 0.2) is 72.8 Å². The van der Waals surface area contributed by atoms with Crippen molar-refractivity contribution in [3.63, 3.8) is 0 Å². The van der Waals surface area contributed by atoms with Crippen LogP contribution in [0.5, 0.6) is 5.75 Å². The molecule has 1 aliphatic rings. The van der Waals surface area contributed by atoms with Gasteiger partial charge in [0, 0.05) is 39.3 Å². The first-order chi connectivity index (χ1) is 21.1. The number of carboxylic acid groups (broad SMARTS) is 1. The summed E-state index contributed by atoms with van der Waals surface area (Å²) in [5, 5.41) is 26.8. The summed E-state index contributed by atoms with van der Waals surface area (Å²) in [6.45, 7) is 6.92. The van der Waals surface area contributed by atoms with Crippen molar-refractivity contribution >= 4 is 23.8 Å². The van der Waals surface area contributed by atoms with Gasteiger partial charge in [-0.05, 0) is 53.8 Å². The van der Waals surface area contributed by atoms with Crippen LogP contribution in [0.1, 0.15) is 16.7 Å². The minimum atomic E-state index is -5.08. The lowest BCUT2D eigenvalue weighted by Crippen LogP contribution is -2.44. The maximum atomic E-state index is 10.6. The normalized spacial score (nSPS) is 13.0. The Kier molecular flexibility index (Phi) is 10.9. The zero-order chi connectivity index (χ0) is 31.5. The summed E-state index contributed by atoms with van der Waals surface area (Å²) in [4.78, 5) is 25.2. The van der Waals surface area contributed by atoms with E-state index in [1.807, 2.05) is 12.1 Å². The van der Waals surface area contributed by atoms with Gasteiger partial charge in [0.2, 0.25) is 17.8 Å². The van der Waals surface area contributed by atoms with Crippen LogP contribution < -0.4 is 20.9 Å². The minimum Gasteiger partial charge on any atom is -0.508 e. The number of aromatic hydroxyl groups is 1. The molecule has 0 amide bonds. The molecule has 3 aromatic carbocycles. The predicted molar refractivity (Wildman–Crippen MR) is 163 cm³/mol. The van der Waals surface area contributed by atoms with Gasteiger partial charge in [0.25, 0.3) is 0 Å². The van der Waals surface area contributed by atoms with Crippen molar-refractivity contribution in [2.24, 2.45) is 0 Å². The highest BCUT2D eigenvalue weighted by atomic mass is 19.4. The molecule has 5 rings (SSSR count). The Balaban J connectivity index is 0.000000566. The second-order valence-corrected chi connectivity index (χ2v) is 10.1. The predicted octanol–water partition coefficient (Wildman–Crippen LogP) is 4.86. The van der Waals surface area contributed by atoms with E-state index in [0.29, 0.717) is 30.9 Å². The number of hydrogen-bond donors (Lipinski definition) is 5. The molecule has 13 heteroatoms. The topological polar surface area (TPSA) is 136 Å². The third-order valence-corrected chi connectivity index (χ3v) is 6.63. The summed E-state index contributed by atoms with van der Waals surface area (Å²) in [6, 6.07) is 24.4. The molecule has 5 N–H and O–H groups in total. The maximum Gasteiger partial charge on any atom is 0.490 e. The van der Waals surface area contributed by atoms with Gasteiger partial charge in [-0.25, -0.2) is 4.79 Å². The minimum absolute atomic E-state index is 0.273. The van der Waals surface area contributed by atoms with E-state index >= 15 is 0 Å². The van der Waals surface area contributed by atoms with Gasteiger partial charge < -0.3 is 31.1 Å². The van der Waals surface area contributed by atoms with Crippen molar-refractivity contribution in [2.45, 2.75) is 26.1 Å². The van der Waals surface area contributed by atoms with Gasteiger partial charge >= 0.3 is 12.1 Å². The van der Waals surface area contributed by atoms with Crippen molar-refractivity contribution in [2.75, 3.05) is 48.3 Å². The van der Waals surface area contributed by atoms with Gasteiger partial charge in [-0.3, -0.25) is 0 Å². The van der Waals surface area contributed by atoms with Crippen LogP contribution in [0, 0.1) is 6.92 Å². The molecule has 44 heavy (non-hydrogen) atoms. The monoisotopic (exact) mass is 609 g/mol. The number of phenolic OH excluding ortho intramolecular Hbond substituents is 1. The van der Waals surface area contributed by atoms with Crippen LogP contribution in [0.25, 0.3) is 11.1 Å². The molecular weight excluding hydrogens is 575 g/mol. The van der Waals surface area contributed by atoms with Gasteiger partial charge in [-0.2, -0.15) is 28.1 Å². The van der Waals surface area contributed by atoms with E-state index in [9.17, 15) is 18.3 Å². The third-order valence-electron chi connectivity index (χ3n) is 6.63. The Hall–Kier alpha value is -4.91. The highest BCUT2D eigenvalue weighted by Gasteiger charge is 2.38. The van der Waals surface area contributed by atoms with Gasteiger partial charge in [0.1, 0.15) is 5.75 Å². The second kappa shape index (κ2) is 15.0. The zero-order valence-electron chi connectivity index (χ0n) is 24.1. The number of carbonyl (C=O) groups is 1. The first-order valence-electron chi connectivity index (χ1n) is 14.0. The third kappa shape index (κ3) is 9.83. The fraction of sp³-hybridized carbons (Fsp3) is 0.290. The van der Waals surface area contributed by atoms with E-state index in [1.165, 1.54) is 16.7 Å². The van der Waals surface area contributed by atoms with E-state index in [-0.39, 0.29) is 5.75 Å². The number of alkyl halides is 3. The standard InChI is InChI=1S/C29H33N7O.C2HF3O2/c1-21-4-2-6-24(18-21)25-7-3-5-23(19-25)20-32-28-33-27(31-13-12-22-8-10-26(37)11-9-22)34-29(35-28)36-16-14-30-15-17-36;3-2(4,5)1(6)7/h2-11,18-19,30,37H,12-17,20H2,1H3,(H2,31,32,33,34,35);(H,6,7). The van der Waals surface area contributed by atoms with E-state index in [2.05, 4.69) is 81.3 Å². The number of piperazine rings is 1. The Bertz CT molecular complexity index is 1530. The van der Waals surface area contributed by atoms with Crippen LogP contribution in [0.4, 0.5) is 31.0 Å². The molecule has 0 radical (unpaired) electrons. The van der Waals surface area contributed by atoms with Crippen molar-refractivity contribution in [3.8, 4) is 16.9 Å². The largest absolute Gasteiger partial charge is 0.508 e. The van der Waals surface area contributed by atoms with Crippen LogP contribution in [0.2, 0.25) is 0 Å². The SMILES string of the molecule is Cc1cccc(-c2cccc(CNc3nc(NCCc4ccc(O)cc4)nc(N4CCNCC4)n3)c2)c1.O=C(O)C(F)(F)F. The number of nitrogens with one attached hydrogen (secondary N) is 3. The second-order valence-electron chi connectivity index (χ2n) is 10.1. The van der Waals surface area contributed by atoms with Gasteiger partial charge in [-0.15, -0.1) is 0 Å². The summed E-state index contributed by atoms with van der Waals surface area (Å²) in [5.41, 5.74) is 5.94. The number of hydrogen-bond acceptors (Lipinski definition) is 9. The molecule has 0 spiro atoms. The van der Waals surface area contributed by atoms with Crippen LogP contribution in [0.3, 0.4) is 0 Å². The van der Waals surface area contributed by atoms with E-state index < -0.39 is 12.1 Å². The molecule has 1 aliphatic heterocycles. The molecule has 0 aliphatic carbocycles. The van der Waals surface area contributed by atoms with Gasteiger partial charge in [0.15, 0.2) is 0 Å². The number of aliphatic carboxylic acids is 1. The molecule has 0 atom stereocenters. The number of aromatic nitrogens is 3. The molecule has 4 aromatic rings. The fourth-order valence-corrected chi connectivity index (χ4v) is 4.38. The van der Waals surface area contributed by atoms with Crippen molar-refractivity contribution < 1.29 is 28.2 Å². The highest BCUT2D eigenvalue weighted by Crippen LogP contribution is 2.22. The number of benzene rings is 3. The smallest absolute Gasteiger partial charge is 0.490 e. The first-order valence-corrected chi connectivity index (χ1v) is 14.0. The lowest BCUT2D eigenvalue weighted by Gasteiger charge is -2.27. The first kappa shape index (κ1) is 32.0. The highest BCUT2D eigenvalue weighted by molar-refractivity contribution is 5.73. The molecule has 10 nitrogen and oxygen atoms in total. The maximum absolute atomic E-state index is 10.6. The van der Waals surface area contributed by atoms with Crippen LogP contribution in [-0.4, -0.2) is 70.0 Å². The number of halogens is 3. The number of aryl methyl sites for hydroxylation is 1. The summed E-state index contributed by atoms with van der Waals surface area (Å²) in [6.07, 6.45) is -4.29. The van der Waals surface area contributed by atoms with Crippen molar-refractivity contribution in [1.29, 1.82) is 0 Å². The average molecular weight is 610 g/mol. The van der Waals surface area contributed by atoms with Gasteiger partial charge in [-0.1, -0.05) is 60.2 Å². The van der Waals surface area contributed by atoms with Gasteiger partial charge in [0.05, 0.1) is 0 Å². The molecule has 1 saturated heterocycles.